The van der Waals surface area contributed by atoms with Crippen molar-refractivity contribution in [1.29, 1.82) is 0 Å². The maximum Gasteiger partial charge on any atom is 0.246 e. The van der Waals surface area contributed by atoms with Gasteiger partial charge in [-0.05, 0) is 12.1 Å². The van der Waals surface area contributed by atoms with Crippen LogP contribution in [0.3, 0.4) is 0 Å². The van der Waals surface area contributed by atoms with Crippen molar-refractivity contribution in [3.05, 3.63) is 60.9 Å². The van der Waals surface area contributed by atoms with Gasteiger partial charge in [0.15, 0.2) is 11.5 Å². The number of nitrogen functional groups attached to an aromatic ring is 1. The molecule has 0 saturated heterocycles. The van der Waals surface area contributed by atoms with E-state index in [4.69, 9.17) is 15.2 Å². The summed E-state index contributed by atoms with van der Waals surface area (Å²) in [6.45, 7) is 0. The van der Waals surface area contributed by atoms with E-state index in [-0.39, 0.29) is 0 Å². The average Bonchev–Trinajstić information content (AvgIpc) is 2.58. The van der Waals surface area contributed by atoms with Gasteiger partial charge >= 0.3 is 0 Å². The molecule has 0 spiro atoms. The van der Waals surface area contributed by atoms with Gasteiger partial charge in [-0.25, -0.2) is 4.98 Å². The van der Waals surface area contributed by atoms with Crippen molar-refractivity contribution in [2.24, 2.45) is 0 Å². The van der Waals surface area contributed by atoms with E-state index in [1.165, 1.54) is 6.33 Å². The summed E-state index contributed by atoms with van der Waals surface area (Å²) >= 11 is 0. The molecule has 0 aliphatic carbocycles. The van der Waals surface area contributed by atoms with Crippen molar-refractivity contribution in [3.8, 4) is 28.6 Å². The molecule has 2 N–H and O–H groups in total. The lowest BCUT2D eigenvalue weighted by molar-refractivity contribution is 0.374. The number of aromatic nitrogens is 2. The zero-order chi connectivity index (χ0) is 15.4. The Hall–Kier alpha value is -3.08. The second kappa shape index (κ2) is 6.13. The minimum absolute atomic E-state index is 0.304. The fourth-order valence-corrected chi connectivity index (χ4v) is 2.09. The van der Waals surface area contributed by atoms with Gasteiger partial charge in [0.05, 0.1) is 7.11 Å². The van der Waals surface area contributed by atoms with Crippen molar-refractivity contribution in [2.45, 2.75) is 0 Å². The van der Waals surface area contributed by atoms with Crippen LogP contribution < -0.4 is 15.2 Å². The first-order valence-electron chi connectivity index (χ1n) is 6.76. The van der Waals surface area contributed by atoms with Crippen molar-refractivity contribution in [2.75, 3.05) is 12.8 Å². The van der Waals surface area contributed by atoms with E-state index in [2.05, 4.69) is 9.97 Å². The lowest BCUT2D eigenvalue weighted by atomic mass is 10.1. The number of para-hydroxylation sites is 2. The Balaban J connectivity index is 1.99. The molecule has 0 atom stereocenters. The predicted octanol–water partition coefficient (Wildman–Crippen LogP) is 3.53. The van der Waals surface area contributed by atoms with Gasteiger partial charge in [0.2, 0.25) is 5.88 Å². The summed E-state index contributed by atoms with van der Waals surface area (Å²) in [6, 6.07) is 17.0. The molecule has 0 fully saturated rings. The van der Waals surface area contributed by atoms with Crippen LogP contribution in [0, 0.1) is 0 Å². The number of hydrogen-bond acceptors (Lipinski definition) is 5. The number of nitrogens with zero attached hydrogens (tertiary/aromatic N) is 2. The maximum absolute atomic E-state index is 6.16. The fourth-order valence-electron chi connectivity index (χ4n) is 2.09. The summed E-state index contributed by atoms with van der Waals surface area (Å²) in [5.41, 5.74) is 8.10. The number of benzene rings is 2. The molecular weight excluding hydrogens is 278 g/mol. The summed E-state index contributed by atoms with van der Waals surface area (Å²) in [7, 11) is 1.58. The summed E-state index contributed by atoms with van der Waals surface area (Å²) in [6.07, 6.45) is 1.43. The molecule has 110 valence electrons. The molecule has 1 aromatic heterocycles. The van der Waals surface area contributed by atoms with Crippen LogP contribution in [-0.2, 0) is 0 Å². The van der Waals surface area contributed by atoms with Crippen molar-refractivity contribution < 1.29 is 9.47 Å². The van der Waals surface area contributed by atoms with Gasteiger partial charge in [-0.15, -0.1) is 0 Å². The number of ether oxygens (including phenoxy) is 2. The molecule has 22 heavy (non-hydrogen) atoms. The standard InChI is InChI=1S/C17H15N3O2/c1-21-13-9-5-6-10-14(13)22-17-15(18)16(19-11-20-17)12-7-3-2-4-8-12/h2-11H,18H2,1H3. The number of nitrogens with two attached hydrogens (primary N) is 1. The molecule has 2 aromatic carbocycles. The Labute approximate surface area is 128 Å². The number of rotatable bonds is 4. The molecule has 0 radical (unpaired) electrons. The highest BCUT2D eigenvalue weighted by Crippen LogP contribution is 2.35. The van der Waals surface area contributed by atoms with Crippen LogP contribution >= 0.6 is 0 Å². The third-order valence-electron chi connectivity index (χ3n) is 3.17. The van der Waals surface area contributed by atoms with Gasteiger partial charge in [0.1, 0.15) is 17.7 Å². The van der Waals surface area contributed by atoms with E-state index in [1.807, 2.05) is 48.5 Å². The van der Waals surface area contributed by atoms with Crippen LogP contribution in [-0.4, -0.2) is 17.1 Å². The summed E-state index contributed by atoms with van der Waals surface area (Å²) in [4.78, 5) is 8.37. The van der Waals surface area contributed by atoms with Crippen LogP contribution in [0.15, 0.2) is 60.9 Å². The van der Waals surface area contributed by atoms with E-state index < -0.39 is 0 Å². The fraction of sp³-hybridized carbons (Fsp3) is 0.0588. The zero-order valence-corrected chi connectivity index (χ0v) is 12.1. The van der Waals surface area contributed by atoms with Gasteiger partial charge in [-0.3, -0.25) is 0 Å². The Morgan fingerprint density at radius 2 is 1.55 bits per heavy atom. The Morgan fingerprint density at radius 1 is 0.864 bits per heavy atom. The van der Waals surface area contributed by atoms with Crippen molar-refractivity contribution in [3.63, 3.8) is 0 Å². The van der Waals surface area contributed by atoms with Crippen molar-refractivity contribution in [1.82, 2.24) is 9.97 Å². The highest BCUT2D eigenvalue weighted by molar-refractivity contribution is 5.75. The number of hydrogen-bond donors (Lipinski definition) is 1. The normalized spacial score (nSPS) is 10.2. The molecule has 0 unspecified atom stereocenters. The largest absolute Gasteiger partial charge is 0.493 e. The quantitative estimate of drug-likeness (QED) is 0.797. The summed E-state index contributed by atoms with van der Waals surface area (Å²) < 4.78 is 11.1. The van der Waals surface area contributed by atoms with E-state index in [0.29, 0.717) is 28.8 Å². The molecule has 0 saturated carbocycles. The molecule has 0 aliphatic rings. The summed E-state index contributed by atoms with van der Waals surface area (Å²) in [5.74, 6) is 1.47. The molecule has 5 nitrogen and oxygen atoms in total. The molecule has 0 amide bonds. The smallest absolute Gasteiger partial charge is 0.246 e. The molecule has 3 rings (SSSR count). The SMILES string of the molecule is COc1ccccc1Oc1ncnc(-c2ccccc2)c1N. The first kappa shape index (κ1) is 13.9. The molecular formula is C17H15N3O2. The predicted molar refractivity (Wildman–Crippen MR) is 84.9 cm³/mol. The van der Waals surface area contributed by atoms with Gasteiger partial charge in [-0.1, -0.05) is 42.5 Å². The van der Waals surface area contributed by atoms with Crippen LogP contribution in [0.2, 0.25) is 0 Å². The van der Waals surface area contributed by atoms with E-state index in [1.54, 1.807) is 13.2 Å². The molecule has 1 heterocycles. The van der Waals surface area contributed by atoms with Crippen LogP contribution in [0.4, 0.5) is 5.69 Å². The van der Waals surface area contributed by atoms with Gasteiger partial charge in [-0.2, -0.15) is 4.98 Å². The van der Waals surface area contributed by atoms with Crippen LogP contribution in [0.1, 0.15) is 0 Å². The minimum atomic E-state index is 0.304. The van der Waals surface area contributed by atoms with Gasteiger partial charge in [0.25, 0.3) is 0 Å². The lowest BCUT2D eigenvalue weighted by Gasteiger charge is -2.12. The van der Waals surface area contributed by atoms with Crippen LogP contribution in [0.5, 0.6) is 17.4 Å². The highest BCUT2D eigenvalue weighted by Gasteiger charge is 2.13. The first-order chi connectivity index (χ1) is 10.8. The Morgan fingerprint density at radius 3 is 2.27 bits per heavy atom. The Bertz CT molecular complexity index is 776. The Kier molecular flexibility index (Phi) is 3.87. The van der Waals surface area contributed by atoms with Crippen LogP contribution in [0.25, 0.3) is 11.3 Å². The third-order valence-corrected chi connectivity index (χ3v) is 3.17. The monoisotopic (exact) mass is 293 g/mol. The molecule has 0 aliphatic heterocycles. The second-order valence-corrected chi connectivity index (χ2v) is 4.56. The van der Waals surface area contributed by atoms with Crippen molar-refractivity contribution >= 4 is 5.69 Å². The highest BCUT2D eigenvalue weighted by atomic mass is 16.5. The molecule has 5 heteroatoms. The first-order valence-corrected chi connectivity index (χ1v) is 6.76. The zero-order valence-electron chi connectivity index (χ0n) is 12.1. The minimum Gasteiger partial charge on any atom is -0.493 e. The van der Waals surface area contributed by atoms with E-state index >= 15 is 0 Å². The number of methoxy groups -OCH3 is 1. The van der Waals surface area contributed by atoms with E-state index in [9.17, 15) is 0 Å². The average molecular weight is 293 g/mol. The topological polar surface area (TPSA) is 70.3 Å². The lowest BCUT2D eigenvalue weighted by Crippen LogP contribution is -2.00. The summed E-state index contributed by atoms with van der Waals surface area (Å²) in [5, 5.41) is 0. The molecule has 0 bridgehead atoms. The van der Waals surface area contributed by atoms with Gasteiger partial charge < -0.3 is 15.2 Å². The van der Waals surface area contributed by atoms with E-state index in [0.717, 1.165) is 5.56 Å². The third kappa shape index (κ3) is 2.69. The maximum atomic E-state index is 6.16. The number of anilines is 1. The molecule has 3 aromatic rings. The van der Waals surface area contributed by atoms with Gasteiger partial charge in [0, 0.05) is 5.56 Å². The second-order valence-electron chi connectivity index (χ2n) is 4.56.